The van der Waals surface area contributed by atoms with Gasteiger partial charge in [0.05, 0.1) is 24.5 Å². The van der Waals surface area contributed by atoms with Crippen LogP contribution in [0.4, 0.5) is 11.4 Å². The van der Waals surface area contributed by atoms with Crippen LogP contribution >= 0.6 is 0 Å². The van der Waals surface area contributed by atoms with Crippen molar-refractivity contribution in [2.45, 2.75) is 24.8 Å². The van der Waals surface area contributed by atoms with Crippen LogP contribution in [0.5, 0.6) is 5.75 Å². The summed E-state index contributed by atoms with van der Waals surface area (Å²) in [4.78, 5) is 30.1. The van der Waals surface area contributed by atoms with Gasteiger partial charge < -0.3 is 10.1 Å². The van der Waals surface area contributed by atoms with Crippen molar-refractivity contribution >= 4 is 23.1 Å². The van der Waals surface area contributed by atoms with Crippen LogP contribution in [0.25, 0.3) is 0 Å². The second kappa shape index (κ2) is 10.0. The number of benzene rings is 4. The minimum absolute atomic E-state index is 0.0408. The first kappa shape index (κ1) is 23.7. The third-order valence-electron chi connectivity index (χ3n) is 7.41. The van der Waals surface area contributed by atoms with Crippen molar-refractivity contribution in [1.82, 2.24) is 0 Å². The quantitative estimate of drug-likeness (QED) is 0.331. The highest BCUT2D eigenvalue weighted by Gasteiger charge is 2.42. The van der Waals surface area contributed by atoms with E-state index < -0.39 is 6.04 Å². The number of anilines is 2. The molecule has 0 radical (unpaired) electrons. The molecule has 0 fully saturated rings. The monoisotopic (exact) mass is 500 g/mol. The highest BCUT2D eigenvalue weighted by molar-refractivity contribution is 6.12. The van der Waals surface area contributed by atoms with Gasteiger partial charge >= 0.3 is 0 Å². The number of hydrogen-bond donors (Lipinski definition) is 1. The van der Waals surface area contributed by atoms with Gasteiger partial charge in [-0.3, -0.25) is 14.5 Å². The van der Waals surface area contributed by atoms with Crippen LogP contribution < -0.4 is 15.0 Å². The SMILES string of the molecule is COc1cccc([C@@H]2C3=C(C[C@@H](c4ccccc4)CC3=O)Nc3ccccc3N2C(=O)c2ccccc2)c1. The topological polar surface area (TPSA) is 58.6 Å². The van der Waals surface area contributed by atoms with Crippen molar-refractivity contribution in [1.29, 1.82) is 0 Å². The number of nitrogens with zero attached hydrogens (tertiary/aromatic N) is 1. The van der Waals surface area contributed by atoms with E-state index in [1.807, 2.05) is 97.1 Å². The van der Waals surface area contributed by atoms with Crippen LogP contribution in [0.2, 0.25) is 0 Å². The Morgan fingerprint density at radius 1 is 0.816 bits per heavy atom. The first-order valence-corrected chi connectivity index (χ1v) is 12.8. The van der Waals surface area contributed by atoms with Crippen molar-refractivity contribution < 1.29 is 14.3 Å². The third-order valence-corrected chi connectivity index (χ3v) is 7.41. The van der Waals surface area contributed by atoms with Gasteiger partial charge in [-0.1, -0.05) is 72.8 Å². The Bertz CT molecular complexity index is 1530. The normalized spacial score (nSPS) is 18.7. The van der Waals surface area contributed by atoms with Crippen molar-refractivity contribution in [3.05, 3.63) is 137 Å². The molecule has 0 saturated carbocycles. The minimum Gasteiger partial charge on any atom is -0.497 e. The van der Waals surface area contributed by atoms with Gasteiger partial charge in [-0.05, 0) is 59.9 Å². The first-order valence-electron chi connectivity index (χ1n) is 12.8. The zero-order valence-corrected chi connectivity index (χ0v) is 21.1. The summed E-state index contributed by atoms with van der Waals surface area (Å²) in [6.07, 6.45) is 1.06. The Morgan fingerprint density at radius 3 is 2.26 bits per heavy atom. The molecule has 0 saturated heterocycles. The number of rotatable bonds is 4. The zero-order valence-electron chi connectivity index (χ0n) is 21.1. The number of hydrogen-bond acceptors (Lipinski definition) is 4. The van der Waals surface area contributed by atoms with Gasteiger partial charge in [0, 0.05) is 23.3 Å². The second-order valence-corrected chi connectivity index (χ2v) is 9.69. The van der Waals surface area contributed by atoms with Crippen LogP contribution in [-0.2, 0) is 4.79 Å². The number of carbonyl (C=O) groups is 2. The molecule has 5 heteroatoms. The summed E-state index contributed by atoms with van der Waals surface area (Å²) in [5, 5.41) is 3.59. The molecule has 1 N–H and O–H groups in total. The number of allylic oxidation sites excluding steroid dienone is 1. The fourth-order valence-electron chi connectivity index (χ4n) is 5.62. The summed E-state index contributed by atoms with van der Waals surface area (Å²) in [5.41, 5.74) is 5.55. The number of ketones is 1. The molecule has 4 aromatic rings. The van der Waals surface area contributed by atoms with E-state index in [1.54, 1.807) is 12.0 Å². The average Bonchev–Trinajstić information content (AvgIpc) is 3.12. The molecule has 0 aromatic heterocycles. The molecule has 188 valence electrons. The maximum Gasteiger partial charge on any atom is 0.259 e. The lowest BCUT2D eigenvalue weighted by Crippen LogP contribution is -2.38. The number of Topliss-reactive ketones (excluding diaryl/α,β-unsaturated/α-hetero) is 1. The molecule has 1 aliphatic carbocycles. The molecular weight excluding hydrogens is 472 g/mol. The van der Waals surface area contributed by atoms with E-state index >= 15 is 0 Å². The van der Waals surface area contributed by atoms with Gasteiger partial charge in [-0.25, -0.2) is 0 Å². The molecule has 1 heterocycles. The molecule has 0 spiro atoms. The van der Waals surface area contributed by atoms with Crippen LogP contribution in [0, 0.1) is 0 Å². The van der Waals surface area contributed by atoms with Gasteiger partial charge in [-0.2, -0.15) is 0 Å². The second-order valence-electron chi connectivity index (χ2n) is 9.69. The highest BCUT2D eigenvalue weighted by atomic mass is 16.5. The minimum atomic E-state index is -0.617. The van der Waals surface area contributed by atoms with Crippen molar-refractivity contribution in [2.75, 3.05) is 17.3 Å². The van der Waals surface area contributed by atoms with Crippen molar-refractivity contribution in [3.8, 4) is 5.75 Å². The summed E-state index contributed by atoms with van der Waals surface area (Å²) in [7, 11) is 1.62. The van der Waals surface area contributed by atoms with Gasteiger partial charge in [0.15, 0.2) is 5.78 Å². The number of amides is 1. The largest absolute Gasteiger partial charge is 0.497 e. The molecule has 2 atom stereocenters. The Balaban J connectivity index is 1.58. The molecule has 1 amide bonds. The van der Waals surface area contributed by atoms with E-state index in [4.69, 9.17) is 4.74 Å². The summed E-state index contributed by atoms with van der Waals surface area (Å²) < 4.78 is 5.54. The number of carbonyl (C=O) groups excluding carboxylic acids is 2. The van der Waals surface area contributed by atoms with E-state index in [-0.39, 0.29) is 17.6 Å². The summed E-state index contributed by atoms with van der Waals surface area (Å²) in [6.45, 7) is 0. The molecule has 0 bridgehead atoms. The lowest BCUT2D eigenvalue weighted by Gasteiger charge is -2.35. The molecule has 0 unspecified atom stereocenters. The predicted molar refractivity (Wildman–Crippen MR) is 150 cm³/mol. The fraction of sp³-hybridized carbons (Fsp3) is 0.152. The Hall–Kier alpha value is -4.64. The van der Waals surface area contributed by atoms with Crippen LogP contribution in [0.15, 0.2) is 120 Å². The van der Waals surface area contributed by atoms with Crippen molar-refractivity contribution in [3.63, 3.8) is 0 Å². The van der Waals surface area contributed by atoms with Gasteiger partial charge in [0.25, 0.3) is 5.91 Å². The Morgan fingerprint density at radius 2 is 1.50 bits per heavy atom. The lowest BCUT2D eigenvalue weighted by atomic mass is 9.78. The molecule has 1 aliphatic heterocycles. The molecule has 5 nitrogen and oxygen atoms in total. The Kier molecular flexibility index (Phi) is 6.26. The third kappa shape index (κ3) is 4.26. The molecule has 2 aliphatic rings. The first-order chi connectivity index (χ1) is 18.6. The zero-order chi connectivity index (χ0) is 26.1. The number of methoxy groups -OCH3 is 1. The van der Waals surface area contributed by atoms with E-state index in [0.717, 1.165) is 28.2 Å². The smallest absolute Gasteiger partial charge is 0.259 e. The number of para-hydroxylation sites is 2. The Labute approximate surface area is 222 Å². The van der Waals surface area contributed by atoms with Gasteiger partial charge in [-0.15, -0.1) is 0 Å². The average molecular weight is 501 g/mol. The maximum atomic E-state index is 14.3. The van der Waals surface area contributed by atoms with E-state index in [2.05, 4.69) is 17.4 Å². The summed E-state index contributed by atoms with van der Waals surface area (Å²) in [6, 6.07) is 34.2. The number of nitrogens with one attached hydrogen (secondary N) is 1. The van der Waals surface area contributed by atoms with E-state index in [9.17, 15) is 9.59 Å². The van der Waals surface area contributed by atoms with Gasteiger partial charge in [0.2, 0.25) is 0 Å². The van der Waals surface area contributed by atoms with Crippen LogP contribution in [-0.4, -0.2) is 18.8 Å². The number of ether oxygens (including phenoxy) is 1. The standard InChI is InChI=1S/C33H28N2O3/c1-38-26-16-10-15-24(19-26)32-31-28(20-25(21-30(31)36)22-11-4-2-5-12-22)34-27-17-8-9-18-29(27)35(32)33(37)23-13-6-3-7-14-23/h2-19,25,32,34H,20-21H2,1H3/t25-,32-/m1/s1. The molecule has 6 rings (SSSR count). The van der Waals surface area contributed by atoms with Crippen molar-refractivity contribution in [2.24, 2.45) is 0 Å². The molecule has 4 aromatic carbocycles. The lowest BCUT2D eigenvalue weighted by molar-refractivity contribution is -0.116. The summed E-state index contributed by atoms with van der Waals surface area (Å²) >= 11 is 0. The maximum absolute atomic E-state index is 14.3. The van der Waals surface area contributed by atoms with E-state index in [1.165, 1.54) is 0 Å². The number of fused-ring (bicyclic) bond motifs is 1. The molecular formula is C33H28N2O3. The fourth-order valence-corrected chi connectivity index (χ4v) is 5.62. The molecule has 38 heavy (non-hydrogen) atoms. The van der Waals surface area contributed by atoms with Crippen LogP contribution in [0.3, 0.4) is 0 Å². The highest BCUT2D eigenvalue weighted by Crippen LogP contribution is 2.48. The van der Waals surface area contributed by atoms with Gasteiger partial charge in [0.1, 0.15) is 5.75 Å². The summed E-state index contributed by atoms with van der Waals surface area (Å²) in [5.74, 6) is 0.607. The van der Waals surface area contributed by atoms with E-state index in [0.29, 0.717) is 29.7 Å². The predicted octanol–water partition coefficient (Wildman–Crippen LogP) is 6.91. The van der Waals surface area contributed by atoms with Crippen LogP contribution in [0.1, 0.15) is 46.3 Å².